The van der Waals surface area contributed by atoms with Crippen molar-refractivity contribution in [2.24, 2.45) is 16.5 Å². The number of carbonyl (C=O) groups is 2. The number of guanidine groups is 1. The van der Waals surface area contributed by atoms with Gasteiger partial charge in [-0.3, -0.25) is 4.79 Å². The summed E-state index contributed by atoms with van der Waals surface area (Å²) in [5.74, 6) is -2.02. The molecule has 1 rings (SSSR count). The topological polar surface area (TPSA) is 151 Å². The third-order valence-electron chi connectivity index (χ3n) is 2.60. The molecule has 114 valence electrons. The lowest BCUT2D eigenvalue weighted by Crippen LogP contribution is -2.40. The molecule has 0 aliphatic heterocycles. The smallest absolute Gasteiger partial charge is 0.353 e. The zero-order valence-corrected chi connectivity index (χ0v) is 11.3. The Morgan fingerprint density at radius 2 is 1.86 bits per heavy atom. The van der Waals surface area contributed by atoms with Crippen LogP contribution in [0.25, 0.3) is 0 Å². The number of aliphatic hydroxyl groups excluding tert-OH is 1. The van der Waals surface area contributed by atoms with E-state index in [0.29, 0.717) is 18.5 Å². The molecule has 1 aromatic carbocycles. The fourth-order valence-electron chi connectivity index (χ4n) is 1.63. The van der Waals surface area contributed by atoms with Crippen LogP contribution < -0.4 is 16.8 Å². The van der Waals surface area contributed by atoms with Crippen molar-refractivity contribution >= 4 is 23.5 Å². The lowest BCUT2D eigenvalue weighted by Gasteiger charge is -2.08. The van der Waals surface area contributed by atoms with Crippen LogP contribution in [0.5, 0.6) is 0 Å². The molecule has 0 aromatic heterocycles. The highest BCUT2D eigenvalue weighted by molar-refractivity contribution is 5.82. The van der Waals surface area contributed by atoms with E-state index >= 15 is 0 Å². The summed E-state index contributed by atoms with van der Waals surface area (Å²) < 4.78 is 0. The Kier molecular flexibility index (Phi) is 6.15. The predicted octanol–water partition coefficient (Wildman–Crippen LogP) is -0.567. The molecule has 8 nitrogen and oxygen atoms in total. The number of amides is 1. The number of carboxylic acids is 1. The SMILES string of the molecule is NC(N)=Nc1ccc(CCCC(=O)NC(O)C(=O)O)cc1. The first-order valence-electron chi connectivity index (χ1n) is 6.27. The summed E-state index contributed by atoms with van der Waals surface area (Å²) in [6, 6.07) is 7.18. The van der Waals surface area contributed by atoms with Gasteiger partial charge in [-0.25, -0.2) is 9.79 Å². The van der Waals surface area contributed by atoms with E-state index in [1.54, 1.807) is 12.1 Å². The summed E-state index contributed by atoms with van der Waals surface area (Å²) in [5.41, 5.74) is 12.2. The Hall–Kier alpha value is -2.61. The van der Waals surface area contributed by atoms with E-state index in [2.05, 4.69) is 4.99 Å². The second-order valence-corrected chi connectivity index (χ2v) is 4.36. The number of hydrogen-bond acceptors (Lipinski definition) is 4. The molecule has 1 aromatic rings. The zero-order valence-electron chi connectivity index (χ0n) is 11.3. The molecular formula is C13H18N4O4. The van der Waals surface area contributed by atoms with Crippen LogP contribution in [0.3, 0.4) is 0 Å². The second-order valence-electron chi connectivity index (χ2n) is 4.36. The van der Waals surface area contributed by atoms with Crippen LogP contribution in [0.4, 0.5) is 5.69 Å². The van der Waals surface area contributed by atoms with Crippen LogP contribution in [0.15, 0.2) is 29.3 Å². The third kappa shape index (κ3) is 6.39. The number of hydrogen-bond donors (Lipinski definition) is 5. The molecule has 0 saturated carbocycles. The molecule has 0 heterocycles. The van der Waals surface area contributed by atoms with Crippen molar-refractivity contribution in [1.29, 1.82) is 0 Å². The number of benzene rings is 1. The number of carboxylic acid groups (broad SMARTS) is 1. The van der Waals surface area contributed by atoms with Gasteiger partial charge in [-0.05, 0) is 30.5 Å². The summed E-state index contributed by atoms with van der Waals surface area (Å²) in [6.07, 6.45) is -0.574. The minimum atomic E-state index is -1.86. The maximum atomic E-state index is 11.3. The highest BCUT2D eigenvalue weighted by Gasteiger charge is 2.15. The molecule has 7 N–H and O–H groups in total. The Morgan fingerprint density at radius 1 is 1.24 bits per heavy atom. The van der Waals surface area contributed by atoms with Crippen LogP contribution >= 0.6 is 0 Å². The number of aryl methyl sites for hydroxylation is 1. The van der Waals surface area contributed by atoms with Gasteiger partial charge in [-0.2, -0.15) is 0 Å². The summed E-state index contributed by atoms with van der Waals surface area (Å²) >= 11 is 0. The van der Waals surface area contributed by atoms with Crippen molar-refractivity contribution in [2.75, 3.05) is 0 Å². The van der Waals surface area contributed by atoms with E-state index < -0.39 is 18.1 Å². The Balaban J connectivity index is 2.37. The van der Waals surface area contributed by atoms with Crippen molar-refractivity contribution in [3.63, 3.8) is 0 Å². The van der Waals surface area contributed by atoms with Crippen molar-refractivity contribution in [3.8, 4) is 0 Å². The van der Waals surface area contributed by atoms with E-state index in [9.17, 15) is 9.59 Å². The van der Waals surface area contributed by atoms with Crippen molar-refractivity contribution in [1.82, 2.24) is 5.32 Å². The quantitative estimate of drug-likeness (QED) is 0.258. The maximum Gasteiger partial charge on any atom is 0.353 e. The van der Waals surface area contributed by atoms with Gasteiger partial charge in [-0.15, -0.1) is 0 Å². The maximum absolute atomic E-state index is 11.3. The number of nitrogens with two attached hydrogens (primary N) is 2. The number of carbonyl (C=O) groups excluding carboxylic acids is 1. The first-order chi connectivity index (χ1) is 9.88. The van der Waals surface area contributed by atoms with Crippen LogP contribution in [0.1, 0.15) is 18.4 Å². The number of nitrogens with zero attached hydrogens (tertiary/aromatic N) is 1. The van der Waals surface area contributed by atoms with Crippen molar-refractivity contribution < 1.29 is 19.8 Å². The van der Waals surface area contributed by atoms with Gasteiger partial charge in [0.2, 0.25) is 12.1 Å². The number of rotatable bonds is 7. The lowest BCUT2D eigenvalue weighted by atomic mass is 10.1. The van der Waals surface area contributed by atoms with Gasteiger partial charge in [-0.1, -0.05) is 12.1 Å². The molecule has 0 aliphatic carbocycles. The van der Waals surface area contributed by atoms with Gasteiger partial charge < -0.3 is 27.0 Å². The normalized spacial score (nSPS) is 11.5. The minimum Gasteiger partial charge on any atom is -0.478 e. The molecule has 0 aliphatic rings. The van der Waals surface area contributed by atoms with E-state index in [4.69, 9.17) is 21.7 Å². The van der Waals surface area contributed by atoms with Gasteiger partial charge in [0.25, 0.3) is 0 Å². The van der Waals surface area contributed by atoms with E-state index in [-0.39, 0.29) is 12.4 Å². The van der Waals surface area contributed by atoms with Crippen LogP contribution in [0.2, 0.25) is 0 Å². The molecule has 0 spiro atoms. The molecule has 1 atom stereocenters. The summed E-state index contributed by atoms with van der Waals surface area (Å²) in [7, 11) is 0. The predicted molar refractivity (Wildman–Crippen MR) is 76.6 cm³/mol. The highest BCUT2D eigenvalue weighted by Crippen LogP contribution is 2.14. The van der Waals surface area contributed by atoms with Gasteiger partial charge in [0, 0.05) is 6.42 Å². The van der Waals surface area contributed by atoms with Gasteiger partial charge >= 0.3 is 5.97 Å². The van der Waals surface area contributed by atoms with Crippen LogP contribution in [0, 0.1) is 0 Å². The number of aliphatic hydroxyl groups is 1. The number of nitrogens with one attached hydrogen (secondary N) is 1. The van der Waals surface area contributed by atoms with E-state index in [1.807, 2.05) is 17.4 Å². The fraction of sp³-hybridized carbons (Fsp3) is 0.308. The molecule has 0 bridgehead atoms. The molecule has 1 amide bonds. The summed E-state index contributed by atoms with van der Waals surface area (Å²) in [5, 5.41) is 19.3. The Bertz CT molecular complexity index is 523. The Labute approximate surface area is 121 Å². The number of aliphatic imine (C=N–C) groups is 1. The lowest BCUT2D eigenvalue weighted by molar-refractivity contribution is -0.151. The van der Waals surface area contributed by atoms with E-state index in [1.165, 1.54) is 0 Å². The molecule has 1 unspecified atom stereocenters. The number of aliphatic carboxylic acids is 1. The first-order valence-corrected chi connectivity index (χ1v) is 6.27. The third-order valence-corrected chi connectivity index (χ3v) is 2.60. The largest absolute Gasteiger partial charge is 0.478 e. The van der Waals surface area contributed by atoms with Gasteiger partial charge in [0.1, 0.15) is 0 Å². The summed E-state index contributed by atoms with van der Waals surface area (Å²) in [6.45, 7) is 0. The fourth-order valence-corrected chi connectivity index (χ4v) is 1.63. The second kappa shape index (κ2) is 7.85. The van der Waals surface area contributed by atoms with Gasteiger partial charge in [0.15, 0.2) is 5.96 Å². The highest BCUT2D eigenvalue weighted by atomic mass is 16.4. The molecular weight excluding hydrogens is 276 g/mol. The molecule has 0 radical (unpaired) electrons. The van der Waals surface area contributed by atoms with Crippen molar-refractivity contribution in [2.45, 2.75) is 25.5 Å². The molecule has 8 heteroatoms. The average Bonchev–Trinajstić information content (AvgIpc) is 2.40. The van der Waals surface area contributed by atoms with Gasteiger partial charge in [0.05, 0.1) is 5.69 Å². The standard InChI is InChI=1S/C13H18N4O4/c14-13(15)16-9-6-4-8(5-7-9)2-1-3-10(18)17-11(19)12(20)21/h4-7,11,19H,1-3H2,(H,17,18)(H,20,21)(H4,14,15,16). The monoisotopic (exact) mass is 294 g/mol. The molecule has 21 heavy (non-hydrogen) atoms. The minimum absolute atomic E-state index is 0.0172. The van der Waals surface area contributed by atoms with E-state index in [0.717, 1.165) is 5.56 Å². The molecule has 0 fully saturated rings. The first kappa shape index (κ1) is 16.4. The zero-order chi connectivity index (χ0) is 15.8. The average molecular weight is 294 g/mol. The molecule has 0 saturated heterocycles. The van der Waals surface area contributed by atoms with Crippen LogP contribution in [-0.2, 0) is 16.0 Å². The Morgan fingerprint density at radius 3 is 2.38 bits per heavy atom. The summed E-state index contributed by atoms with van der Waals surface area (Å²) in [4.78, 5) is 25.6. The van der Waals surface area contributed by atoms with Crippen LogP contribution in [-0.4, -0.2) is 34.3 Å². The van der Waals surface area contributed by atoms with Crippen molar-refractivity contribution in [3.05, 3.63) is 29.8 Å².